The third-order valence-electron chi connectivity index (χ3n) is 4.42. The summed E-state index contributed by atoms with van der Waals surface area (Å²) in [5, 5.41) is 2.26. The second-order valence-corrected chi connectivity index (χ2v) is 10.7. The Balaban J connectivity index is 1.94. The van der Waals surface area contributed by atoms with Crippen molar-refractivity contribution in [3.63, 3.8) is 0 Å². The maximum Gasteiger partial charge on any atom is 0.183 e. The topological polar surface area (TPSA) is 89.5 Å². The van der Waals surface area contributed by atoms with Crippen LogP contribution in [-0.2, 0) is 19.7 Å². The second kappa shape index (κ2) is 5.75. The molecule has 0 aromatic heterocycles. The first-order valence-electron chi connectivity index (χ1n) is 7.58. The van der Waals surface area contributed by atoms with Gasteiger partial charge in [-0.1, -0.05) is 0 Å². The van der Waals surface area contributed by atoms with Crippen LogP contribution in [0.2, 0.25) is 0 Å². The van der Waals surface area contributed by atoms with Crippen LogP contribution >= 0.6 is 0 Å². The Bertz CT molecular complexity index is 812. The molecule has 0 bridgehead atoms. The number of hydrogen-bond donors (Lipinski definition) is 1. The Hall–Kier alpha value is -1.12. The Labute approximate surface area is 137 Å². The lowest BCUT2D eigenvalue weighted by molar-refractivity contribution is 0.411. The summed E-state index contributed by atoms with van der Waals surface area (Å²) < 4.78 is 55.0. The number of ether oxygens (including phenoxy) is 1. The van der Waals surface area contributed by atoms with Crippen LogP contribution in [0.4, 0.5) is 0 Å². The third-order valence-corrected chi connectivity index (χ3v) is 8.57. The van der Waals surface area contributed by atoms with E-state index in [0.29, 0.717) is 11.3 Å². The predicted octanol–water partition coefficient (Wildman–Crippen LogP) is 0.695. The minimum atomic E-state index is -3.72. The molecule has 128 valence electrons. The molecule has 1 saturated heterocycles. The van der Waals surface area contributed by atoms with Crippen molar-refractivity contribution in [1.29, 1.82) is 0 Å². The molecule has 23 heavy (non-hydrogen) atoms. The van der Waals surface area contributed by atoms with Crippen LogP contribution < -0.4 is 10.1 Å². The summed E-state index contributed by atoms with van der Waals surface area (Å²) in [6.45, 7) is 1.77. The lowest BCUT2D eigenvalue weighted by Gasteiger charge is -2.20. The lowest BCUT2D eigenvalue weighted by atomic mass is 10.2. The van der Waals surface area contributed by atoms with Crippen molar-refractivity contribution < 1.29 is 21.6 Å². The number of benzene rings is 1. The van der Waals surface area contributed by atoms with E-state index in [-0.39, 0.29) is 22.4 Å². The minimum absolute atomic E-state index is 0.109. The zero-order valence-corrected chi connectivity index (χ0v) is 14.8. The highest BCUT2D eigenvalue weighted by molar-refractivity contribution is 7.96. The molecular formula is C15H21NO5S2. The molecule has 0 radical (unpaired) electrons. The molecule has 1 N–H and O–H groups in total. The second-order valence-electron chi connectivity index (χ2n) is 6.34. The van der Waals surface area contributed by atoms with E-state index in [2.05, 4.69) is 5.32 Å². The van der Waals surface area contributed by atoms with Crippen molar-refractivity contribution in [2.24, 2.45) is 0 Å². The van der Waals surface area contributed by atoms with Gasteiger partial charge in [0, 0.05) is 12.1 Å². The van der Waals surface area contributed by atoms with Crippen LogP contribution in [-0.4, -0.2) is 52.8 Å². The van der Waals surface area contributed by atoms with Gasteiger partial charge in [0.05, 0.1) is 28.8 Å². The number of rotatable bonds is 5. The molecule has 1 aromatic carbocycles. The van der Waals surface area contributed by atoms with E-state index >= 15 is 0 Å². The first kappa shape index (κ1) is 16.7. The number of nitrogens with one attached hydrogen (secondary N) is 1. The average molecular weight is 359 g/mol. The Morgan fingerprint density at radius 2 is 1.91 bits per heavy atom. The SMILES string of the molecule is COc1ccc(S(=O)(=O)[C@H]2CS(=O)(=O)C[C@H]2NC2CC2)cc1C. The molecule has 0 unspecified atom stereocenters. The molecule has 1 heterocycles. The van der Waals surface area contributed by atoms with Crippen LogP contribution in [0, 0.1) is 6.92 Å². The van der Waals surface area contributed by atoms with Gasteiger partial charge in [0.1, 0.15) is 5.75 Å². The summed E-state index contributed by atoms with van der Waals surface area (Å²) in [6.07, 6.45) is 1.95. The van der Waals surface area contributed by atoms with Gasteiger partial charge in [-0.05, 0) is 43.5 Å². The molecular weight excluding hydrogens is 338 g/mol. The fourth-order valence-corrected chi connectivity index (χ4v) is 7.79. The molecule has 1 saturated carbocycles. The van der Waals surface area contributed by atoms with Crippen molar-refractivity contribution in [3.8, 4) is 5.75 Å². The number of methoxy groups -OCH3 is 1. The summed E-state index contributed by atoms with van der Waals surface area (Å²) in [5.41, 5.74) is 0.709. The highest BCUT2D eigenvalue weighted by Gasteiger charge is 2.47. The molecule has 1 aromatic rings. The first-order valence-corrected chi connectivity index (χ1v) is 10.9. The zero-order chi connectivity index (χ0) is 16.8. The van der Waals surface area contributed by atoms with Gasteiger partial charge in [0.15, 0.2) is 19.7 Å². The van der Waals surface area contributed by atoms with E-state index < -0.39 is 31.0 Å². The molecule has 0 amide bonds. The molecule has 6 nitrogen and oxygen atoms in total. The number of sulfone groups is 2. The molecule has 2 aliphatic rings. The molecule has 1 aliphatic carbocycles. The van der Waals surface area contributed by atoms with Gasteiger partial charge in [0.2, 0.25) is 0 Å². The third kappa shape index (κ3) is 3.39. The van der Waals surface area contributed by atoms with Gasteiger partial charge < -0.3 is 10.1 Å². The van der Waals surface area contributed by atoms with E-state index in [0.717, 1.165) is 12.8 Å². The van der Waals surface area contributed by atoms with Crippen molar-refractivity contribution in [3.05, 3.63) is 23.8 Å². The minimum Gasteiger partial charge on any atom is -0.496 e. The molecule has 1 aliphatic heterocycles. The van der Waals surface area contributed by atoms with E-state index in [4.69, 9.17) is 4.74 Å². The van der Waals surface area contributed by atoms with Crippen molar-refractivity contribution in [1.82, 2.24) is 5.32 Å². The summed E-state index contributed by atoms with van der Waals surface area (Å²) in [6, 6.07) is 4.37. The quantitative estimate of drug-likeness (QED) is 0.832. The molecule has 2 atom stereocenters. The Morgan fingerprint density at radius 3 is 2.48 bits per heavy atom. The molecule has 0 spiro atoms. The molecule has 8 heteroatoms. The van der Waals surface area contributed by atoms with E-state index in [1.165, 1.54) is 13.2 Å². The van der Waals surface area contributed by atoms with Crippen LogP contribution in [0.5, 0.6) is 5.75 Å². The Kier molecular flexibility index (Phi) is 4.18. The monoisotopic (exact) mass is 359 g/mol. The number of aryl methyl sites for hydroxylation is 1. The highest BCUT2D eigenvalue weighted by Crippen LogP contribution is 2.31. The number of hydrogen-bond acceptors (Lipinski definition) is 6. The normalized spacial score (nSPS) is 27.0. The summed E-state index contributed by atoms with van der Waals surface area (Å²) in [5.74, 6) is 0.184. The predicted molar refractivity (Wildman–Crippen MR) is 87.3 cm³/mol. The van der Waals surface area contributed by atoms with Gasteiger partial charge in [-0.25, -0.2) is 16.8 Å². The summed E-state index contributed by atoms with van der Waals surface area (Å²) in [4.78, 5) is 0.153. The standard InChI is InChI=1S/C15H21NO5S2/c1-10-7-12(5-6-14(10)21-2)23(19,20)15-9-22(17,18)8-13(15)16-11-3-4-11/h5-7,11,13,15-16H,3-4,8-9H2,1-2H3/t13-,15+/m1/s1. The van der Waals surface area contributed by atoms with Gasteiger partial charge in [-0.2, -0.15) is 0 Å². The van der Waals surface area contributed by atoms with Gasteiger partial charge in [-0.3, -0.25) is 0 Å². The Morgan fingerprint density at radius 1 is 1.22 bits per heavy atom. The maximum atomic E-state index is 12.9. The van der Waals surface area contributed by atoms with Crippen LogP contribution in [0.15, 0.2) is 23.1 Å². The van der Waals surface area contributed by atoms with Gasteiger partial charge in [0.25, 0.3) is 0 Å². The van der Waals surface area contributed by atoms with Crippen LogP contribution in [0.25, 0.3) is 0 Å². The van der Waals surface area contributed by atoms with E-state index in [1.54, 1.807) is 19.1 Å². The smallest absolute Gasteiger partial charge is 0.183 e. The van der Waals surface area contributed by atoms with E-state index in [9.17, 15) is 16.8 Å². The molecule has 3 rings (SSSR count). The van der Waals surface area contributed by atoms with Crippen LogP contribution in [0.1, 0.15) is 18.4 Å². The van der Waals surface area contributed by atoms with Gasteiger partial charge in [-0.15, -0.1) is 0 Å². The van der Waals surface area contributed by atoms with Crippen molar-refractivity contribution in [2.75, 3.05) is 18.6 Å². The van der Waals surface area contributed by atoms with Crippen molar-refractivity contribution >= 4 is 19.7 Å². The summed E-state index contributed by atoms with van der Waals surface area (Å²) in [7, 11) is -5.54. The first-order chi connectivity index (χ1) is 10.7. The molecule has 2 fully saturated rings. The maximum absolute atomic E-state index is 12.9. The summed E-state index contributed by atoms with van der Waals surface area (Å²) >= 11 is 0. The highest BCUT2D eigenvalue weighted by atomic mass is 32.2. The average Bonchev–Trinajstić information content (AvgIpc) is 3.21. The van der Waals surface area contributed by atoms with Gasteiger partial charge >= 0.3 is 0 Å². The van der Waals surface area contributed by atoms with Crippen molar-refractivity contribution in [2.45, 2.75) is 42.0 Å². The fraction of sp³-hybridized carbons (Fsp3) is 0.600. The largest absolute Gasteiger partial charge is 0.496 e. The van der Waals surface area contributed by atoms with E-state index in [1.807, 2.05) is 0 Å². The lowest BCUT2D eigenvalue weighted by Crippen LogP contribution is -2.44. The fourth-order valence-electron chi connectivity index (χ4n) is 3.03. The van der Waals surface area contributed by atoms with Crippen LogP contribution in [0.3, 0.4) is 0 Å². The zero-order valence-electron chi connectivity index (χ0n) is 13.2.